The molecule has 0 N–H and O–H groups in total. The number of ether oxygens (including phenoxy) is 1. The lowest BCUT2D eigenvalue weighted by Gasteiger charge is -1.99. The Morgan fingerprint density at radius 1 is 1.62 bits per heavy atom. The highest BCUT2D eigenvalue weighted by molar-refractivity contribution is 5.88. The first kappa shape index (κ1) is 5.76. The molecule has 0 unspecified atom stereocenters. The van der Waals surface area contributed by atoms with Crippen LogP contribution in [0.15, 0.2) is 4.99 Å². The highest BCUT2D eigenvalue weighted by Crippen LogP contribution is 2.02. The van der Waals surface area contributed by atoms with Crippen molar-refractivity contribution in [3.63, 3.8) is 0 Å². The molecule has 8 heavy (non-hydrogen) atoms. The lowest BCUT2D eigenvalue weighted by atomic mass is 10.1. The molecule has 0 aromatic rings. The lowest BCUT2D eigenvalue weighted by molar-refractivity contribution is 0.201. The number of nitrogens with zero attached hydrogens (tertiary/aromatic N) is 1. The van der Waals surface area contributed by atoms with Gasteiger partial charge < -0.3 is 4.74 Å². The molecule has 1 heterocycles. The molecule has 2 nitrogen and oxygen atoms in total. The number of hydrogen-bond acceptors (Lipinski definition) is 2. The van der Waals surface area contributed by atoms with Crippen LogP contribution in [-0.4, -0.2) is 19.0 Å². The van der Waals surface area contributed by atoms with E-state index in [0.29, 0.717) is 12.6 Å². The first-order valence-electron chi connectivity index (χ1n) is 2.91. The van der Waals surface area contributed by atoms with Crippen LogP contribution in [0.25, 0.3) is 0 Å². The normalized spacial score (nSPS) is 19.6. The Labute approximate surface area is 49.6 Å². The number of rotatable bonds is 1. The van der Waals surface area contributed by atoms with E-state index in [4.69, 9.17) is 4.74 Å². The van der Waals surface area contributed by atoms with Crippen molar-refractivity contribution in [3.05, 3.63) is 0 Å². The van der Waals surface area contributed by atoms with Crippen molar-refractivity contribution in [1.29, 1.82) is 0 Å². The second-order valence-corrected chi connectivity index (χ2v) is 2.28. The SMILES string of the molecule is CC(C)C1=NCOC1. The van der Waals surface area contributed by atoms with Crippen LogP contribution in [0.3, 0.4) is 0 Å². The van der Waals surface area contributed by atoms with E-state index in [0.717, 1.165) is 6.61 Å². The third-order valence-corrected chi connectivity index (χ3v) is 1.28. The fraction of sp³-hybridized carbons (Fsp3) is 0.833. The average Bonchev–Trinajstić information content (AvgIpc) is 2.12. The molecule has 1 aliphatic heterocycles. The molecular weight excluding hydrogens is 102 g/mol. The van der Waals surface area contributed by atoms with Crippen LogP contribution in [0.1, 0.15) is 13.8 Å². The Balaban J connectivity index is 2.45. The maximum Gasteiger partial charge on any atom is 0.137 e. The smallest absolute Gasteiger partial charge is 0.137 e. The third kappa shape index (κ3) is 1.07. The van der Waals surface area contributed by atoms with Gasteiger partial charge >= 0.3 is 0 Å². The molecule has 2 heteroatoms. The summed E-state index contributed by atoms with van der Waals surface area (Å²) in [7, 11) is 0. The highest BCUT2D eigenvalue weighted by atomic mass is 16.5. The molecule has 1 rings (SSSR count). The van der Waals surface area contributed by atoms with Gasteiger partial charge in [0.1, 0.15) is 6.73 Å². The molecule has 0 aromatic heterocycles. The largest absolute Gasteiger partial charge is 0.353 e. The maximum absolute atomic E-state index is 5.01. The van der Waals surface area contributed by atoms with Crippen LogP contribution in [0, 0.1) is 5.92 Å². The minimum atomic E-state index is 0.567. The average molecular weight is 113 g/mol. The van der Waals surface area contributed by atoms with Gasteiger partial charge in [-0.05, 0) is 5.92 Å². The summed E-state index contributed by atoms with van der Waals surface area (Å²) in [6.07, 6.45) is 0. The van der Waals surface area contributed by atoms with Gasteiger partial charge in [-0.3, -0.25) is 4.99 Å². The van der Waals surface area contributed by atoms with Gasteiger partial charge in [0, 0.05) is 5.71 Å². The van der Waals surface area contributed by atoms with Crippen molar-refractivity contribution in [2.75, 3.05) is 13.3 Å². The van der Waals surface area contributed by atoms with Gasteiger partial charge in [-0.25, -0.2) is 0 Å². The van der Waals surface area contributed by atoms with Crippen LogP contribution >= 0.6 is 0 Å². The molecule has 0 amide bonds. The van der Waals surface area contributed by atoms with Crippen molar-refractivity contribution in [2.45, 2.75) is 13.8 Å². The fourth-order valence-corrected chi connectivity index (χ4v) is 0.674. The highest BCUT2D eigenvalue weighted by Gasteiger charge is 2.08. The molecule has 0 atom stereocenters. The monoisotopic (exact) mass is 113 g/mol. The Kier molecular flexibility index (Phi) is 1.63. The summed E-state index contributed by atoms with van der Waals surface area (Å²) in [4.78, 5) is 4.13. The standard InChI is InChI=1S/C6H11NO/c1-5(2)6-3-8-4-7-6/h5H,3-4H2,1-2H3. The number of hydrogen-bond donors (Lipinski definition) is 0. The molecule has 46 valence electrons. The van der Waals surface area contributed by atoms with Crippen LogP contribution < -0.4 is 0 Å². The Bertz CT molecular complexity index is 107. The van der Waals surface area contributed by atoms with Crippen LogP contribution in [-0.2, 0) is 4.74 Å². The van der Waals surface area contributed by atoms with Crippen molar-refractivity contribution in [2.24, 2.45) is 10.9 Å². The summed E-state index contributed by atoms with van der Waals surface area (Å²) >= 11 is 0. The molecule has 0 aliphatic carbocycles. The van der Waals surface area contributed by atoms with Crippen molar-refractivity contribution in [3.8, 4) is 0 Å². The van der Waals surface area contributed by atoms with E-state index >= 15 is 0 Å². The molecule has 0 spiro atoms. The summed E-state index contributed by atoms with van der Waals surface area (Å²) in [5.74, 6) is 0.567. The van der Waals surface area contributed by atoms with Crippen molar-refractivity contribution in [1.82, 2.24) is 0 Å². The molecule has 0 aromatic carbocycles. The Hall–Kier alpha value is -0.370. The zero-order chi connectivity index (χ0) is 5.98. The summed E-state index contributed by atoms with van der Waals surface area (Å²) in [5, 5.41) is 0. The van der Waals surface area contributed by atoms with E-state index in [9.17, 15) is 0 Å². The van der Waals surface area contributed by atoms with Gasteiger partial charge in [0.2, 0.25) is 0 Å². The maximum atomic E-state index is 5.01. The molecular formula is C6H11NO. The van der Waals surface area contributed by atoms with Crippen LogP contribution in [0.4, 0.5) is 0 Å². The van der Waals surface area contributed by atoms with E-state index in [2.05, 4.69) is 18.8 Å². The minimum absolute atomic E-state index is 0.567. The number of aliphatic imine (C=N–C) groups is 1. The zero-order valence-corrected chi connectivity index (χ0v) is 5.35. The molecule has 1 aliphatic rings. The Morgan fingerprint density at radius 2 is 2.38 bits per heavy atom. The van der Waals surface area contributed by atoms with Gasteiger partial charge in [-0.2, -0.15) is 0 Å². The van der Waals surface area contributed by atoms with E-state index in [1.807, 2.05) is 0 Å². The molecule has 0 saturated heterocycles. The van der Waals surface area contributed by atoms with Crippen LogP contribution in [0.5, 0.6) is 0 Å². The van der Waals surface area contributed by atoms with Gasteiger partial charge in [-0.15, -0.1) is 0 Å². The second-order valence-electron chi connectivity index (χ2n) is 2.28. The van der Waals surface area contributed by atoms with Gasteiger partial charge in [0.25, 0.3) is 0 Å². The van der Waals surface area contributed by atoms with Crippen LogP contribution in [0.2, 0.25) is 0 Å². The predicted octanol–water partition coefficient (Wildman–Crippen LogP) is 1.07. The van der Waals surface area contributed by atoms with E-state index < -0.39 is 0 Å². The summed E-state index contributed by atoms with van der Waals surface area (Å²) < 4.78 is 5.01. The molecule has 0 bridgehead atoms. The predicted molar refractivity (Wildman–Crippen MR) is 33.1 cm³/mol. The third-order valence-electron chi connectivity index (χ3n) is 1.28. The molecule has 0 radical (unpaired) electrons. The second kappa shape index (κ2) is 2.27. The van der Waals surface area contributed by atoms with Gasteiger partial charge in [0.05, 0.1) is 6.61 Å². The topological polar surface area (TPSA) is 21.6 Å². The first-order valence-corrected chi connectivity index (χ1v) is 2.91. The molecule has 0 fully saturated rings. The summed E-state index contributed by atoms with van der Waals surface area (Å²) in [6.45, 7) is 5.59. The van der Waals surface area contributed by atoms with E-state index in [-0.39, 0.29) is 0 Å². The zero-order valence-electron chi connectivity index (χ0n) is 5.35. The molecule has 0 saturated carbocycles. The van der Waals surface area contributed by atoms with E-state index in [1.54, 1.807) is 0 Å². The lowest BCUT2D eigenvalue weighted by Crippen LogP contribution is -2.08. The quantitative estimate of drug-likeness (QED) is 0.498. The summed E-state index contributed by atoms with van der Waals surface area (Å²) in [5.41, 5.74) is 1.20. The van der Waals surface area contributed by atoms with Gasteiger partial charge in [0.15, 0.2) is 0 Å². The minimum Gasteiger partial charge on any atom is -0.353 e. The summed E-state index contributed by atoms with van der Waals surface area (Å²) in [6, 6.07) is 0. The van der Waals surface area contributed by atoms with Crippen molar-refractivity contribution < 1.29 is 4.74 Å². The first-order chi connectivity index (χ1) is 3.80. The van der Waals surface area contributed by atoms with E-state index in [1.165, 1.54) is 5.71 Å². The fourth-order valence-electron chi connectivity index (χ4n) is 0.674. The Morgan fingerprint density at radius 3 is 2.62 bits per heavy atom. The van der Waals surface area contributed by atoms with Crippen molar-refractivity contribution >= 4 is 5.71 Å². The van der Waals surface area contributed by atoms with Gasteiger partial charge in [-0.1, -0.05) is 13.8 Å².